The minimum atomic E-state index is -0.318. The normalized spacial score (nSPS) is 12.0. The van der Waals surface area contributed by atoms with Gasteiger partial charge < -0.3 is 61.6 Å². The van der Waals surface area contributed by atoms with Gasteiger partial charge >= 0.3 is 0 Å². The molecule has 0 aliphatic rings. The Bertz CT molecular complexity index is 764. The standard InChI is InChI=1S/C37H72O15/c1-34(2)35(38)6-8-40-10-12-42-14-16-44-18-20-46-22-24-48-26-28-50-30-32-52-33-31-51-29-27-49-25-23-47-21-19-45-17-15-43-13-11-41-9-7-36(39)37(3,4)5/h34H,6-33H2,1-5H3. The first-order valence-electron chi connectivity index (χ1n) is 18.8. The van der Waals surface area contributed by atoms with Crippen molar-refractivity contribution in [2.24, 2.45) is 11.3 Å². The highest BCUT2D eigenvalue weighted by molar-refractivity contribution is 5.83. The largest absolute Gasteiger partial charge is 0.379 e. The number of Topliss-reactive ketones (excluding diaryl/α,β-unsaturated/α-hetero) is 2. The lowest BCUT2D eigenvalue weighted by Crippen LogP contribution is -2.22. The summed E-state index contributed by atoms with van der Waals surface area (Å²) < 4.78 is 71.0. The van der Waals surface area contributed by atoms with E-state index in [9.17, 15) is 9.59 Å². The fourth-order valence-corrected chi connectivity index (χ4v) is 3.74. The van der Waals surface area contributed by atoms with Crippen molar-refractivity contribution in [3.05, 3.63) is 0 Å². The van der Waals surface area contributed by atoms with Crippen LogP contribution >= 0.6 is 0 Å². The van der Waals surface area contributed by atoms with Crippen molar-refractivity contribution in [2.45, 2.75) is 47.5 Å². The van der Waals surface area contributed by atoms with Crippen LogP contribution < -0.4 is 0 Å². The Morgan fingerprint density at radius 3 is 0.673 bits per heavy atom. The SMILES string of the molecule is CC(C)C(=O)CCOCCOCCOCCOCCOCCOCCOCCOCCOCCOCCOCCOCCOCCC(=O)C(C)(C)C. The summed E-state index contributed by atoms with van der Waals surface area (Å²) in [6.45, 7) is 22.1. The van der Waals surface area contributed by atoms with E-state index in [1.54, 1.807) is 0 Å². The molecule has 0 aromatic carbocycles. The number of hydrogen-bond donors (Lipinski definition) is 0. The zero-order valence-electron chi connectivity index (χ0n) is 33.0. The van der Waals surface area contributed by atoms with Crippen molar-refractivity contribution in [2.75, 3.05) is 172 Å². The molecule has 52 heavy (non-hydrogen) atoms. The maximum Gasteiger partial charge on any atom is 0.140 e. The monoisotopic (exact) mass is 756 g/mol. The lowest BCUT2D eigenvalue weighted by atomic mass is 9.89. The van der Waals surface area contributed by atoms with Crippen molar-refractivity contribution in [3.63, 3.8) is 0 Å². The third-order valence-corrected chi connectivity index (χ3v) is 6.91. The molecule has 0 rings (SSSR count). The Kier molecular flexibility index (Phi) is 38.6. The molecule has 0 fully saturated rings. The summed E-state index contributed by atoms with van der Waals surface area (Å²) >= 11 is 0. The Morgan fingerprint density at radius 2 is 0.500 bits per heavy atom. The fourth-order valence-electron chi connectivity index (χ4n) is 3.74. The van der Waals surface area contributed by atoms with Crippen LogP contribution in [0.3, 0.4) is 0 Å². The summed E-state index contributed by atoms with van der Waals surface area (Å²) in [7, 11) is 0. The zero-order chi connectivity index (χ0) is 38.2. The van der Waals surface area contributed by atoms with Gasteiger partial charge in [-0.3, -0.25) is 9.59 Å². The average molecular weight is 757 g/mol. The minimum Gasteiger partial charge on any atom is -0.379 e. The predicted octanol–water partition coefficient (Wildman–Crippen LogP) is 2.82. The molecule has 310 valence electrons. The Balaban J connectivity index is 3.11. The quantitative estimate of drug-likeness (QED) is 0.0838. The first kappa shape index (κ1) is 50.8. The van der Waals surface area contributed by atoms with Crippen molar-refractivity contribution in [1.82, 2.24) is 0 Å². The molecular formula is C37H72O15. The molecule has 0 atom stereocenters. The number of rotatable bonds is 43. The second kappa shape index (κ2) is 39.5. The highest BCUT2D eigenvalue weighted by Gasteiger charge is 2.20. The van der Waals surface area contributed by atoms with Gasteiger partial charge in [0.15, 0.2) is 0 Å². The summed E-state index contributed by atoms with van der Waals surface area (Å²) in [4.78, 5) is 23.3. The summed E-state index contributed by atoms with van der Waals surface area (Å²) in [6.07, 6.45) is 0.879. The summed E-state index contributed by atoms with van der Waals surface area (Å²) in [5.74, 6) is 0.471. The molecule has 15 heteroatoms. The Morgan fingerprint density at radius 1 is 0.327 bits per heavy atom. The molecule has 0 spiro atoms. The number of carbonyl (C=O) groups is 2. The van der Waals surface area contributed by atoms with Gasteiger partial charge in [-0.25, -0.2) is 0 Å². The third-order valence-electron chi connectivity index (χ3n) is 6.91. The van der Waals surface area contributed by atoms with E-state index >= 15 is 0 Å². The summed E-state index contributed by atoms with van der Waals surface area (Å²) in [6, 6.07) is 0. The van der Waals surface area contributed by atoms with Crippen LogP contribution in [-0.2, 0) is 71.2 Å². The van der Waals surface area contributed by atoms with E-state index in [4.69, 9.17) is 61.6 Å². The van der Waals surface area contributed by atoms with E-state index in [1.165, 1.54) is 0 Å². The lowest BCUT2D eigenvalue weighted by molar-refractivity contribution is -0.127. The topological polar surface area (TPSA) is 154 Å². The van der Waals surface area contributed by atoms with Crippen LogP contribution in [0.4, 0.5) is 0 Å². The number of hydrogen-bond acceptors (Lipinski definition) is 15. The third kappa shape index (κ3) is 40.0. The van der Waals surface area contributed by atoms with Crippen LogP contribution in [0, 0.1) is 11.3 Å². The maximum absolute atomic E-state index is 11.8. The Labute approximate surface area is 313 Å². The van der Waals surface area contributed by atoms with Gasteiger partial charge in [0.05, 0.1) is 172 Å². The van der Waals surface area contributed by atoms with Gasteiger partial charge in [0.25, 0.3) is 0 Å². The van der Waals surface area contributed by atoms with Gasteiger partial charge in [0.2, 0.25) is 0 Å². The van der Waals surface area contributed by atoms with Gasteiger partial charge in [0, 0.05) is 24.2 Å². The first-order chi connectivity index (χ1) is 25.2. The molecule has 0 saturated carbocycles. The Hall–Kier alpha value is -1.18. The van der Waals surface area contributed by atoms with E-state index in [0.29, 0.717) is 185 Å². The fraction of sp³-hybridized carbons (Fsp3) is 0.946. The second-order valence-corrected chi connectivity index (χ2v) is 12.8. The first-order valence-corrected chi connectivity index (χ1v) is 18.8. The van der Waals surface area contributed by atoms with Crippen molar-refractivity contribution in [1.29, 1.82) is 0 Å². The van der Waals surface area contributed by atoms with E-state index < -0.39 is 0 Å². The second-order valence-electron chi connectivity index (χ2n) is 12.8. The molecule has 0 aromatic heterocycles. The summed E-state index contributed by atoms with van der Waals surface area (Å²) in [5.41, 5.74) is -0.318. The van der Waals surface area contributed by atoms with Crippen molar-refractivity contribution in [3.8, 4) is 0 Å². The molecule has 0 unspecified atom stereocenters. The van der Waals surface area contributed by atoms with Crippen LogP contribution in [-0.4, -0.2) is 183 Å². The smallest absolute Gasteiger partial charge is 0.140 e. The van der Waals surface area contributed by atoms with Crippen LogP contribution in [0.15, 0.2) is 0 Å². The lowest BCUT2D eigenvalue weighted by Gasteiger charge is -2.16. The molecule has 0 N–H and O–H groups in total. The van der Waals surface area contributed by atoms with Crippen LogP contribution in [0.1, 0.15) is 47.5 Å². The number of ketones is 2. The van der Waals surface area contributed by atoms with Crippen molar-refractivity contribution >= 4 is 11.6 Å². The van der Waals surface area contributed by atoms with E-state index in [0.717, 1.165) is 0 Å². The van der Waals surface area contributed by atoms with Crippen LogP contribution in [0.5, 0.6) is 0 Å². The van der Waals surface area contributed by atoms with E-state index in [-0.39, 0.29) is 22.9 Å². The van der Waals surface area contributed by atoms with Gasteiger partial charge in [-0.2, -0.15) is 0 Å². The molecule has 0 aliphatic carbocycles. The van der Waals surface area contributed by atoms with Crippen LogP contribution in [0.25, 0.3) is 0 Å². The van der Waals surface area contributed by atoms with Gasteiger partial charge in [-0.1, -0.05) is 34.6 Å². The van der Waals surface area contributed by atoms with Crippen LogP contribution in [0.2, 0.25) is 0 Å². The van der Waals surface area contributed by atoms with Gasteiger partial charge in [-0.15, -0.1) is 0 Å². The van der Waals surface area contributed by atoms with E-state index in [2.05, 4.69) is 0 Å². The molecular weight excluding hydrogens is 684 g/mol. The number of carbonyl (C=O) groups excluding carboxylic acids is 2. The van der Waals surface area contributed by atoms with E-state index in [1.807, 2.05) is 34.6 Å². The molecule has 0 amide bonds. The molecule has 15 nitrogen and oxygen atoms in total. The zero-order valence-corrected chi connectivity index (χ0v) is 33.0. The minimum absolute atomic E-state index is 0.0560. The van der Waals surface area contributed by atoms with Gasteiger partial charge in [-0.05, 0) is 0 Å². The number of ether oxygens (including phenoxy) is 13. The molecule has 0 bridgehead atoms. The predicted molar refractivity (Wildman–Crippen MR) is 194 cm³/mol. The summed E-state index contributed by atoms with van der Waals surface area (Å²) in [5, 5.41) is 0. The molecule has 0 radical (unpaired) electrons. The van der Waals surface area contributed by atoms with Gasteiger partial charge in [0.1, 0.15) is 11.6 Å². The maximum atomic E-state index is 11.8. The highest BCUT2D eigenvalue weighted by atomic mass is 16.6. The average Bonchev–Trinajstić information content (AvgIpc) is 3.11. The molecule has 0 saturated heterocycles. The molecule has 0 heterocycles. The van der Waals surface area contributed by atoms with Crippen molar-refractivity contribution < 1.29 is 71.2 Å². The molecule has 0 aromatic rings. The highest BCUT2D eigenvalue weighted by Crippen LogP contribution is 2.16. The molecule has 0 aliphatic heterocycles.